The van der Waals surface area contributed by atoms with Crippen molar-refractivity contribution in [3.8, 4) is 0 Å². The fourth-order valence-electron chi connectivity index (χ4n) is 3.38. The second-order valence-corrected chi connectivity index (χ2v) is 7.82. The van der Waals surface area contributed by atoms with Crippen LogP contribution in [-0.2, 0) is 4.74 Å². The maximum atomic E-state index is 12.0. The van der Waals surface area contributed by atoms with Crippen molar-refractivity contribution in [1.29, 1.82) is 0 Å². The number of nitrogens with one attached hydrogen (secondary N) is 1. The SMILES string of the molecule is CCOC(=O)c1ccccc1NCC1CC=C(CCCC(C)(C)O)CC1. The molecule has 0 aromatic heterocycles. The van der Waals surface area contributed by atoms with Crippen molar-refractivity contribution in [2.75, 3.05) is 18.5 Å². The highest BCUT2D eigenvalue weighted by atomic mass is 16.5. The van der Waals surface area contributed by atoms with Crippen LogP contribution in [0.15, 0.2) is 35.9 Å². The first-order valence-corrected chi connectivity index (χ1v) is 9.79. The van der Waals surface area contributed by atoms with E-state index in [1.54, 1.807) is 0 Å². The molecule has 1 aromatic carbocycles. The molecule has 0 radical (unpaired) electrons. The lowest BCUT2D eigenvalue weighted by Gasteiger charge is -2.24. The van der Waals surface area contributed by atoms with Gasteiger partial charge in [0.2, 0.25) is 0 Å². The lowest BCUT2D eigenvalue weighted by Crippen LogP contribution is -2.19. The Bertz CT molecular complexity index is 616. The summed E-state index contributed by atoms with van der Waals surface area (Å²) in [5.74, 6) is 0.316. The van der Waals surface area contributed by atoms with Crippen molar-refractivity contribution < 1.29 is 14.6 Å². The van der Waals surface area contributed by atoms with Gasteiger partial charge in [-0.25, -0.2) is 4.79 Å². The molecule has 0 heterocycles. The molecule has 0 aliphatic heterocycles. The number of hydrogen-bond donors (Lipinski definition) is 2. The third-order valence-corrected chi connectivity index (χ3v) is 4.90. The van der Waals surface area contributed by atoms with Gasteiger partial charge in [-0.3, -0.25) is 0 Å². The molecule has 0 spiro atoms. The lowest BCUT2D eigenvalue weighted by atomic mass is 9.86. The zero-order valence-electron chi connectivity index (χ0n) is 16.4. The van der Waals surface area contributed by atoms with Gasteiger partial charge in [-0.15, -0.1) is 0 Å². The number of esters is 1. The number of ether oxygens (including phenoxy) is 1. The highest BCUT2D eigenvalue weighted by molar-refractivity contribution is 5.95. The van der Waals surface area contributed by atoms with Gasteiger partial charge >= 0.3 is 5.97 Å². The van der Waals surface area contributed by atoms with Crippen molar-refractivity contribution in [2.45, 2.75) is 64.9 Å². The van der Waals surface area contributed by atoms with Gasteiger partial charge in [0.1, 0.15) is 0 Å². The molecule has 1 aromatic rings. The quantitative estimate of drug-likeness (QED) is 0.484. The third kappa shape index (κ3) is 6.83. The molecule has 26 heavy (non-hydrogen) atoms. The maximum absolute atomic E-state index is 12.0. The van der Waals surface area contributed by atoms with E-state index in [0.717, 1.165) is 44.3 Å². The number of allylic oxidation sites excluding steroid dienone is 2. The molecule has 0 saturated carbocycles. The van der Waals surface area contributed by atoms with E-state index >= 15 is 0 Å². The molecule has 1 aliphatic rings. The molecule has 144 valence electrons. The zero-order chi connectivity index (χ0) is 19.0. The highest BCUT2D eigenvalue weighted by Gasteiger charge is 2.17. The largest absolute Gasteiger partial charge is 0.462 e. The highest BCUT2D eigenvalue weighted by Crippen LogP contribution is 2.28. The zero-order valence-corrected chi connectivity index (χ0v) is 16.4. The average Bonchev–Trinajstić information content (AvgIpc) is 2.60. The van der Waals surface area contributed by atoms with Crippen LogP contribution < -0.4 is 5.32 Å². The number of aliphatic hydroxyl groups is 1. The molecule has 0 fully saturated rings. The predicted octanol–water partition coefficient (Wildman–Crippen LogP) is 4.94. The van der Waals surface area contributed by atoms with Crippen LogP contribution in [0, 0.1) is 5.92 Å². The Morgan fingerprint density at radius 1 is 1.35 bits per heavy atom. The van der Waals surface area contributed by atoms with Gasteiger partial charge in [0, 0.05) is 12.2 Å². The fraction of sp³-hybridized carbons (Fsp3) is 0.591. The smallest absolute Gasteiger partial charge is 0.340 e. The van der Waals surface area contributed by atoms with Gasteiger partial charge in [-0.1, -0.05) is 23.8 Å². The summed E-state index contributed by atoms with van der Waals surface area (Å²) in [6.07, 6.45) is 8.74. The molecule has 2 N–H and O–H groups in total. The van der Waals surface area contributed by atoms with E-state index in [1.165, 1.54) is 12.0 Å². The van der Waals surface area contributed by atoms with Crippen molar-refractivity contribution in [1.82, 2.24) is 0 Å². The van der Waals surface area contributed by atoms with Crippen LogP contribution in [-0.4, -0.2) is 29.8 Å². The van der Waals surface area contributed by atoms with E-state index in [9.17, 15) is 9.90 Å². The molecule has 4 nitrogen and oxygen atoms in total. The van der Waals surface area contributed by atoms with Gasteiger partial charge in [0.05, 0.1) is 17.8 Å². The van der Waals surface area contributed by atoms with Gasteiger partial charge in [-0.2, -0.15) is 0 Å². The Hall–Kier alpha value is -1.81. The molecular formula is C22H33NO3. The van der Waals surface area contributed by atoms with Gasteiger partial charge in [0.25, 0.3) is 0 Å². The summed E-state index contributed by atoms with van der Waals surface area (Å²) in [6.45, 7) is 6.82. The summed E-state index contributed by atoms with van der Waals surface area (Å²) in [7, 11) is 0. The molecule has 0 saturated heterocycles. The molecular weight excluding hydrogens is 326 g/mol. The normalized spacial score (nSPS) is 17.5. The van der Waals surface area contributed by atoms with E-state index in [2.05, 4.69) is 11.4 Å². The van der Waals surface area contributed by atoms with E-state index in [1.807, 2.05) is 45.0 Å². The van der Waals surface area contributed by atoms with Crippen LogP contribution in [0.4, 0.5) is 5.69 Å². The third-order valence-electron chi connectivity index (χ3n) is 4.90. The van der Waals surface area contributed by atoms with Crippen molar-refractivity contribution >= 4 is 11.7 Å². The lowest BCUT2D eigenvalue weighted by molar-refractivity contribution is 0.0527. The summed E-state index contributed by atoms with van der Waals surface area (Å²) in [5.41, 5.74) is 2.42. The van der Waals surface area contributed by atoms with Crippen LogP contribution in [0.1, 0.15) is 69.7 Å². The summed E-state index contributed by atoms with van der Waals surface area (Å²) in [4.78, 5) is 12.0. The topological polar surface area (TPSA) is 58.6 Å². The summed E-state index contributed by atoms with van der Waals surface area (Å²) < 4.78 is 5.13. The number of carbonyl (C=O) groups excluding carboxylic acids is 1. The second kappa shape index (κ2) is 9.77. The summed E-state index contributed by atoms with van der Waals surface area (Å²) in [6, 6.07) is 7.54. The van der Waals surface area contributed by atoms with Gasteiger partial charge < -0.3 is 15.2 Å². The molecule has 0 bridgehead atoms. The molecule has 2 rings (SSSR count). The van der Waals surface area contributed by atoms with E-state index < -0.39 is 5.60 Å². The first-order chi connectivity index (χ1) is 12.4. The second-order valence-electron chi connectivity index (χ2n) is 7.82. The Morgan fingerprint density at radius 2 is 2.12 bits per heavy atom. The number of carbonyl (C=O) groups is 1. The Labute approximate surface area is 157 Å². The van der Waals surface area contributed by atoms with E-state index in [-0.39, 0.29) is 5.97 Å². The predicted molar refractivity (Wildman–Crippen MR) is 106 cm³/mol. The molecule has 4 heteroatoms. The minimum Gasteiger partial charge on any atom is -0.462 e. The first-order valence-electron chi connectivity index (χ1n) is 9.79. The van der Waals surface area contributed by atoms with Gasteiger partial charge in [-0.05, 0) is 77.3 Å². The van der Waals surface area contributed by atoms with Crippen LogP contribution >= 0.6 is 0 Å². The maximum Gasteiger partial charge on any atom is 0.340 e. The van der Waals surface area contributed by atoms with Gasteiger partial charge in [0.15, 0.2) is 0 Å². The van der Waals surface area contributed by atoms with Crippen LogP contribution in [0.5, 0.6) is 0 Å². The Morgan fingerprint density at radius 3 is 2.77 bits per heavy atom. The monoisotopic (exact) mass is 359 g/mol. The molecule has 0 amide bonds. The molecule has 1 atom stereocenters. The van der Waals surface area contributed by atoms with Crippen molar-refractivity contribution in [3.05, 3.63) is 41.5 Å². The molecule has 1 unspecified atom stereocenters. The number of hydrogen-bond acceptors (Lipinski definition) is 4. The van der Waals surface area contributed by atoms with Crippen LogP contribution in [0.3, 0.4) is 0 Å². The summed E-state index contributed by atoms with van der Waals surface area (Å²) in [5, 5.41) is 13.2. The van der Waals surface area contributed by atoms with Crippen LogP contribution in [0.25, 0.3) is 0 Å². The first kappa shape index (κ1) is 20.5. The molecule has 1 aliphatic carbocycles. The average molecular weight is 360 g/mol. The number of rotatable bonds is 9. The minimum absolute atomic E-state index is 0.270. The number of anilines is 1. The number of para-hydroxylation sites is 1. The number of benzene rings is 1. The van der Waals surface area contributed by atoms with E-state index in [0.29, 0.717) is 18.1 Å². The summed E-state index contributed by atoms with van der Waals surface area (Å²) >= 11 is 0. The minimum atomic E-state index is -0.562. The van der Waals surface area contributed by atoms with E-state index in [4.69, 9.17) is 4.74 Å². The van der Waals surface area contributed by atoms with Crippen molar-refractivity contribution in [2.24, 2.45) is 5.92 Å². The van der Waals surface area contributed by atoms with Crippen molar-refractivity contribution in [3.63, 3.8) is 0 Å². The Kier molecular flexibility index (Phi) is 7.70. The fourth-order valence-corrected chi connectivity index (χ4v) is 3.38. The Balaban J connectivity index is 1.81. The standard InChI is InChI=1S/C22H33NO3/c1-4-26-21(24)19-9-5-6-10-20(19)23-16-18-13-11-17(12-14-18)8-7-15-22(2,3)25/h5-6,9-11,18,23,25H,4,7-8,12-16H2,1-3H3. The van der Waals surface area contributed by atoms with Crippen LogP contribution in [0.2, 0.25) is 0 Å².